The summed E-state index contributed by atoms with van der Waals surface area (Å²) in [6.45, 7) is 5.39. The molecule has 0 amide bonds. The van der Waals surface area contributed by atoms with Crippen LogP contribution in [0.5, 0.6) is 11.5 Å². The molecule has 0 bridgehead atoms. The largest absolute Gasteiger partial charge is 0.494 e. The molecule has 2 fully saturated rings. The van der Waals surface area contributed by atoms with Gasteiger partial charge < -0.3 is 14.2 Å². The summed E-state index contributed by atoms with van der Waals surface area (Å²) in [6.07, 6.45) is 7.01. The fourth-order valence-corrected chi connectivity index (χ4v) is 5.69. The molecule has 3 nitrogen and oxygen atoms in total. The van der Waals surface area contributed by atoms with Gasteiger partial charge in [-0.2, -0.15) is 4.39 Å². The Morgan fingerprint density at radius 3 is 2.03 bits per heavy atom. The molecule has 0 aromatic heterocycles. The van der Waals surface area contributed by atoms with Crippen molar-refractivity contribution in [2.75, 3.05) is 19.8 Å². The zero-order valence-corrected chi connectivity index (χ0v) is 20.8. The van der Waals surface area contributed by atoms with E-state index in [1.54, 1.807) is 12.1 Å². The van der Waals surface area contributed by atoms with Crippen molar-refractivity contribution < 1.29 is 27.4 Å². The Hall–Kier alpha value is -2.21. The molecule has 192 valence electrons. The van der Waals surface area contributed by atoms with E-state index in [1.165, 1.54) is 6.07 Å². The summed E-state index contributed by atoms with van der Waals surface area (Å²) in [5.74, 6) is -0.936. The van der Waals surface area contributed by atoms with Crippen LogP contribution in [0.3, 0.4) is 0 Å². The SMILES string of the molecule is CCOc1ccc(C2CCC(COc3ccc(C4CCC(OCC)CC4)c(F)c3F)CC2)c(F)c1. The van der Waals surface area contributed by atoms with Gasteiger partial charge in [-0.15, -0.1) is 0 Å². The van der Waals surface area contributed by atoms with E-state index in [2.05, 4.69) is 0 Å². The molecule has 2 aromatic carbocycles. The second-order valence-electron chi connectivity index (χ2n) is 9.85. The van der Waals surface area contributed by atoms with Crippen molar-refractivity contribution in [2.45, 2.75) is 83.2 Å². The van der Waals surface area contributed by atoms with Gasteiger partial charge in [-0.1, -0.05) is 12.1 Å². The minimum atomic E-state index is -0.889. The minimum absolute atomic E-state index is 0.0195. The molecule has 2 aliphatic carbocycles. The number of hydrogen-bond donors (Lipinski definition) is 0. The van der Waals surface area contributed by atoms with Crippen LogP contribution in [0.2, 0.25) is 0 Å². The second kappa shape index (κ2) is 12.2. The monoisotopic (exact) mass is 490 g/mol. The molecule has 0 heterocycles. The number of ether oxygens (including phenoxy) is 3. The van der Waals surface area contributed by atoms with Gasteiger partial charge in [0, 0.05) is 12.7 Å². The van der Waals surface area contributed by atoms with Crippen LogP contribution >= 0.6 is 0 Å². The maximum atomic E-state index is 14.9. The van der Waals surface area contributed by atoms with E-state index in [4.69, 9.17) is 14.2 Å². The summed E-state index contributed by atoms with van der Waals surface area (Å²) < 4.78 is 61.0. The topological polar surface area (TPSA) is 27.7 Å². The minimum Gasteiger partial charge on any atom is -0.494 e. The summed E-state index contributed by atoms with van der Waals surface area (Å²) >= 11 is 0. The highest BCUT2D eigenvalue weighted by molar-refractivity contribution is 5.34. The predicted molar refractivity (Wildman–Crippen MR) is 131 cm³/mol. The highest BCUT2D eigenvalue weighted by Gasteiger charge is 2.28. The quantitative estimate of drug-likeness (QED) is 0.357. The summed E-state index contributed by atoms with van der Waals surface area (Å²) in [5.41, 5.74) is 1.18. The molecule has 6 heteroatoms. The smallest absolute Gasteiger partial charge is 0.200 e. The Labute approximate surface area is 207 Å². The summed E-state index contributed by atoms with van der Waals surface area (Å²) in [6, 6.07) is 8.36. The van der Waals surface area contributed by atoms with Gasteiger partial charge >= 0.3 is 0 Å². The molecule has 0 saturated heterocycles. The van der Waals surface area contributed by atoms with Crippen LogP contribution in [0.4, 0.5) is 13.2 Å². The zero-order chi connectivity index (χ0) is 24.8. The van der Waals surface area contributed by atoms with Crippen molar-refractivity contribution in [2.24, 2.45) is 5.92 Å². The number of benzene rings is 2. The molecule has 35 heavy (non-hydrogen) atoms. The predicted octanol–water partition coefficient (Wildman–Crippen LogP) is 7.92. The molecule has 2 aliphatic rings. The third-order valence-electron chi connectivity index (χ3n) is 7.64. The van der Waals surface area contributed by atoms with Crippen molar-refractivity contribution >= 4 is 0 Å². The van der Waals surface area contributed by atoms with E-state index >= 15 is 0 Å². The molecule has 0 unspecified atom stereocenters. The van der Waals surface area contributed by atoms with Gasteiger partial charge in [0.05, 0.1) is 19.3 Å². The first-order valence-corrected chi connectivity index (χ1v) is 13.1. The standard InChI is InChI=1S/C29H37F3O3/c1-3-33-22-11-9-21(10-12-22)25-15-16-27(29(32)28(25)31)35-18-19-5-7-20(8-6-19)24-14-13-23(34-4-2)17-26(24)30/h13-17,19-22H,3-12,18H2,1-2H3. The molecule has 0 N–H and O–H groups in total. The lowest BCUT2D eigenvalue weighted by Gasteiger charge is -2.30. The average Bonchev–Trinajstić information content (AvgIpc) is 2.87. The Morgan fingerprint density at radius 2 is 1.37 bits per heavy atom. The lowest BCUT2D eigenvalue weighted by molar-refractivity contribution is 0.0325. The Balaban J connectivity index is 1.28. The molecule has 4 rings (SSSR count). The van der Waals surface area contributed by atoms with Crippen LogP contribution in [-0.4, -0.2) is 25.9 Å². The fraction of sp³-hybridized carbons (Fsp3) is 0.586. The van der Waals surface area contributed by atoms with Gasteiger partial charge in [0.1, 0.15) is 11.6 Å². The first-order valence-electron chi connectivity index (χ1n) is 13.1. The first kappa shape index (κ1) is 25.9. The summed E-state index contributed by atoms with van der Waals surface area (Å²) in [5, 5.41) is 0. The zero-order valence-electron chi connectivity index (χ0n) is 20.8. The van der Waals surface area contributed by atoms with Gasteiger partial charge in [-0.25, -0.2) is 8.78 Å². The molecule has 0 radical (unpaired) electrons. The fourth-order valence-electron chi connectivity index (χ4n) is 5.69. The number of hydrogen-bond acceptors (Lipinski definition) is 3. The summed E-state index contributed by atoms with van der Waals surface area (Å²) in [4.78, 5) is 0. The van der Waals surface area contributed by atoms with Crippen LogP contribution in [0.1, 0.15) is 88.2 Å². The average molecular weight is 491 g/mol. The van der Waals surface area contributed by atoms with Crippen molar-refractivity contribution in [1.82, 2.24) is 0 Å². The second-order valence-corrected chi connectivity index (χ2v) is 9.85. The van der Waals surface area contributed by atoms with Crippen LogP contribution in [0.25, 0.3) is 0 Å². The van der Waals surface area contributed by atoms with E-state index in [1.807, 2.05) is 26.0 Å². The van der Waals surface area contributed by atoms with Crippen LogP contribution < -0.4 is 9.47 Å². The van der Waals surface area contributed by atoms with E-state index in [-0.39, 0.29) is 35.4 Å². The summed E-state index contributed by atoms with van der Waals surface area (Å²) in [7, 11) is 0. The first-order chi connectivity index (χ1) is 17.0. The third kappa shape index (κ3) is 6.32. The lowest BCUT2D eigenvalue weighted by Crippen LogP contribution is -2.22. The van der Waals surface area contributed by atoms with Crippen molar-refractivity contribution in [3.8, 4) is 11.5 Å². The Bertz CT molecular complexity index is 964. The molecular formula is C29H37F3O3. The third-order valence-corrected chi connectivity index (χ3v) is 7.64. The van der Waals surface area contributed by atoms with Gasteiger partial charge in [-0.3, -0.25) is 0 Å². The van der Waals surface area contributed by atoms with Crippen LogP contribution in [0.15, 0.2) is 30.3 Å². The van der Waals surface area contributed by atoms with Crippen LogP contribution in [-0.2, 0) is 4.74 Å². The molecular weight excluding hydrogens is 453 g/mol. The van der Waals surface area contributed by atoms with E-state index in [0.717, 1.165) is 56.9 Å². The number of rotatable bonds is 9. The highest BCUT2D eigenvalue weighted by Crippen LogP contribution is 2.39. The van der Waals surface area contributed by atoms with E-state index in [9.17, 15) is 13.2 Å². The van der Waals surface area contributed by atoms with E-state index in [0.29, 0.717) is 31.1 Å². The maximum Gasteiger partial charge on any atom is 0.200 e. The lowest BCUT2D eigenvalue weighted by atomic mass is 9.79. The van der Waals surface area contributed by atoms with Gasteiger partial charge in [0.15, 0.2) is 11.6 Å². The maximum absolute atomic E-state index is 14.9. The van der Waals surface area contributed by atoms with E-state index < -0.39 is 11.6 Å². The molecule has 2 saturated carbocycles. The molecule has 0 aliphatic heterocycles. The van der Waals surface area contributed by atoms with Crippen molar-refractivity contribution in [3.63, 3.8) is 0 Å². The molecule has 0 atom stereocenters. The van der Waals surface area contributed by atoms with Crippen LogP contribution in [0, 0.1) is 23.4 Å². The van der Waals surface area contributed by atoms with Gasteiger partial charge in [0.25, 0.3) is 0 Å². The molecule has 2 aromatic rings. The van der Waals surface area contributed by atoms with Crippen molar-refractivity contribution in [1.29, 1.82) is 0 Å². The van der Waals surface area contributed by atoms with Gasteiger partial charge in [0.2, 0.25) is 5.82 Å². The Kier molecular flexibility index (Phi) is 8.99. The normalized spacial score (nSPS) is 24.8. The van der Waals surface area contributed by atoms with Crippen molar-refractivity contribution in [3.05, 3.63) is 58.9 Å². The number of halogens is 3. The highest BCUT2D eigenvalue weighted by atomic mass is 19.2. The Morgan fingerprint density at radius 1 is 0.714 bits per heavy atom. The van der Waals surface area contributed by atoms with Gasteiger partial charge in [-0.05, 0) is 106 Å². The molecule has 0 spiro atoms.